The molecule has 2 bridgehead atoms. The van der Waals surface area contributed by atoms with Crippen molar-refractivity contribution in [2.45, 2.75) is 57.7 Å². The Morgan fingerprint density at radius 3 is 2.65 bits per heavy atom. The van der Waals surface area contributed by atoms with Gasteiger partial charge < -0.3 is 24.0 Å². The molecule has 2 saturated heterocycles. The molecule has 1 saturated carbocycles. The van der Waals surface area contributed by atoms with Crippen LogP contribution in [0.25, 0.3) is 11.0 Å². The van der Waals surface area contributed by atoms with E-state index in [1.165, 1.54) is 19.2 Å². The number of benzene rings is 1. The van der Waals surface area contributed by atoms with Crippen LogP contribution in [0.3, 0.4) is 0 Å². The van der Waals surface area contributed by atoms with Gasteiger partial charge in [-0.2, -0.15) is 4.98 Å². The molecule has 37 heavy (non-hydrogen) atoms. The van der Waals surface area contributed by atoms with Gasteiger partial charge in [0.1, 0.15) is 29.2 Å². The number of ether oxygens (including phenoxy) is 3. The van der Waals surface area contributed by atoms with E-state index in [1.807, 2.05) is 49.9 Å². The Hall–Kier alpha value is -3.33. The average molecular weight is 524 g/mol. The molecule has 3 aromatic rings. The number of carbonyl (C=O) groups excluding carboxylic acids is 1. The van der Waals surface area contributed by atoms with E-state index < -0.39 is 5.60 Å². The molecule has 194 valence electrons. The van der Waals surface area contributed by atoms with Gasteiger partial charge in [0.2, 0.25) is 5.88 Å². The highest BCUT2D eigenvalue weighted by Crippen LogP contribution is 2.37. The SMILES string of the molecule is CC(C)(C)OC(=O)N1C[C@@H]2C[C@H]1CN2c1ccc2ncnc(Oc3ccc(OCC4CC4)c(Cl)c3)c2n1. The first-order valence-corrected chi connectivity index (χ1v) is 13.1. The molecule has 6 rings (SSSR count). The molecule has 4 heterocycles. The fourth-order valence-electron chi connectivity index (χ4n) is 4.90. The zero-order valence-corrected chi connectivity index (χ0v) is 21.9. The number of hydrogen-bond acceptors (Lipinski definition) is 8. The number of nitrogens with zero attached hydrogens (tertiary/aromatic N) is 5. The van der Waals surface area contributed by atoms with Gasteiger partial charge in [0.25, 0.3) is 0 Å². The van der Waals surface area contributed by atoms with E-state index in [-0.39, 0.29) is 18.2 Å². The molecular weight excluding hydrogens is 494 g/mol. The molecule has 3 aliphatic rings. The standard InChI is InChI=1S/C27H30ClN5O4/c1-27(2,3)37-26(34)33-13-17-10-18(33)12-32(17)23-9-7-21-24(31-23)25(30-15-29-21)36-19-6-8-22(20(28)11-19)35-14-16-4-5-16/h6-9,11,15-18H,4-5,10,12-14H2,1-3H3/t17-,18-/m0/s1. The third-order valence-electron chi connectivity index (χ3n) is 6.89. The number of pyridine rings is 1. The first-order chi connectivity index (χ1) is 17.7. The first kappa shape index (κ1) is 24.0. The maximum absolute atomic E-state index is 12.6. The van der Waals surface area contributed by atoms with Gasteiger partial charge in [-0.15, -0.1) is 0 Å². The van der Waals surface area contributed by atoms with E-state index >= 15 is 0 Å². The molecule has 0 unspecified atom stereocenters. The van der Waals surface area contributed by atoms with E-state index in [1.54, 1.807) is 6.07 Å². The zero-order valence-electron chi connectivity index (χ0n) is 21.2. The summed E-state index contributed by atoms with van der Waals surface area (Å²) < 4.78 is 17.5. The van der Waals surface area contributed by atoms with Crippen molar-refractivity contribution in [3.8, 4) is 17.4 Å². The molecule has 2 atom stereocenters. The number of likely N-dealkylation sites (tertiary alicyclic amines) is 1. The second-order valence-corrected chi connectivity index (χ2v) is 11.4. The van der Waals surface area contributed by atoms with E-state index in [0.29, 0.717) is 59.0 Å². The highest BCUT2D eigenvalue weighted by atomic mass is 35.5. The van der Waals surface area contributed by atoms with Crippen molar-refractivity contribution >= 4 is 34.5 Å². The fraction of sp³-hybridized carbons (Fsp3) is 0.481. The molecule has 1 aliphatic carbocycles. The molecule has 0 spiro atoms. The summed E-state index contributed by atoms with van der Waals surface area (Å²) in [6, 6.07) is 9.52. The second kappa shape index (κ2) is 9.20. The molecule has 2 aromatic heterocycles. The fourth-order valence-corrected chi connectivity index (χ4v) is 5.13. The summed E-state index contributed by atoms with van der Waals surface area (Å²) in [5.41, 5.74) is 0.740. The Labute approximate surface area is 220 Å². The van der Waals surface area contributed by atoms with Crippen LogP contribution in [0.1, 0.15) is 40.0 Å². The molecule has 9 nitrogen and oxygen atoms in total. The summed E-state index contributed by atoms with van der Waals surface area (Å²) in [5, 5.41) is 0.493. The number of hydrogen-bond donors (Lipinski definition) is 0. The van der Waals surface area contributed by atoms with Crippen molar-refractivity contribution in [2.24, 2.45) is 5.92 Å². The van der Waals surface area contributed by atoms with Gasteiger partial charge in [-0.05, 0) is 70.2 Å². The topological polar surface area (TPSA) is 89.9 Å². The van der Waals surface area contributed by atoms with E-state index in [9.17, 15) is 4.79 Å². The summed E-state index contributed by atoms with van der Waals surface area (Å²) in [6.45, 7) is 7.66. The minimum atomic E-state index is -0.511. The summed E-state index contributed by atoms with van der Waals surface area (Å²) >= 11 is 6.44. The molecule has 0 N–H and O–H groups in total. The number of aromatic nitrogens is 3. The predicted molar refractivity (Wildman–Crippen MR) is 140 cm³/mol. The molecule has 1 amide bonds. The van der Waals surface area contributed by atoms with Crippen LogP contribution < -0.4 is 14.4 Å². The third kappa shape index (κ3) is 5.09. The van der Waals surface area contributed by atoms with Crippen LogP contribution >= 0.6 is 11.6 Å². The van der Waals surface area contributed by atoms with Crippen molar-refractivity contribution < 1.29 is 19.0 Å². The van der Waals surface area contributed by atoms with Crippen LogP contribution in [-0.2, 0) is 4.74 Å². The average Bonchev–Trinajstić information content (AvgIpc) is 3.46. The lowest BCUT2D eigenvalue weighted by Crippen LogP contribution is -2.50. The van der Waals surface area contributed by atoms with Crippen LogP contribution in [0, 0.1) is 5.92 Å². The Balaban J connectivity index is 1.19. The largest absolute Gasteiger partial charge is 0.492 e. The maximum atomic E-state index is 12.6. The lowest BCUT2D eigenvalue weighted by atomic mass is 10.2. The number of amides is 1. The lowest BCUT2D eigenvalue weighted by molar-refractivity contribution is 0.0214. The number of rotatable bonds is 6. The summed E-state index contributed by atoms with van der Waals surface area (Å²) in [5.74, 6) is 3.01. The molecule has 0 radical (unpaired) electrons. The van der Waals surface area contributed by atoms with Crippen molar-refractivity contribution in [2.75, 3.05) is 24.6 Å². The van der Waals surface area contributed by atoms with Gasteiger partial charge in [-0.3, -0.25) is 0 Å². The number of halogens is 1. The predicted octanol–water partition coefficient (Wildman–Crippen LogP) is 5.46. The van der Waals surface area contributed by atoms with Gasteiger partial charge in [0, 0.05) is 19.2 Å². The van der Waals surface area contributed by atoms with Crippen LogP contribution in [-0.4, -0.2) is 63.3 Å². The molecule has 1 aromatic carbocycles. The zero-order chi connectivity index (χ0) is 25.7. The van der Waals surface area contributed by atoms with Crippen molar-refractivity contribution in [1.82, 2.24) is 19.9 Å². The van der Waals surface area contributed by atoms with Gasteiger partial charge in [-0.1, -0.05) is 11.6 Å². The number of anilines is 1. The van der Waals surface area contributed by atoms with Gasteiger partial charge >= 0.3 is 6.09 Å². The Bertz CT molecular complexity index is 1340. The number of piperazine rings is 1. The van der Waals surface area contributed by atoms with Crippen LogP contribution in [0.4, 0.5) is 10.6 Å². The van der Waals surface area contributed by atoms with Gasteiger partial charge in [0.05, 0.1) is 29.2 Å². The Kier molecular flexibility index (Phi) is 5.98. The Morgan fingerprint density at radius 1 is 1.11 bits per heavy atom. The smallest absolute Gasteiger partial charge is 0.410 e. The van der Waals surface area contributed by atoms with Gasteiger partial charge in [-0.25, -0.2) is 14.8 Å². The second-order valence-electron chi connectivity index (χ2n) is 11.0. The number of fused-ring (bicyclic) bond motifs is 3. The van der Waals surface area contributed by atoms with E-state index in [2.05, 4.69) is 14.9 Å². The Morgan fingerprint density at radius 2 is 1.95 bits per heavy atom. The van der Waals surface area contributed by atoms with Crippen molar-refractivity contribution in [3.63, 3.8) is 0 Å². The van der Waals surface area contributed by atoms with Gasteiger partial charge in [0.15, 0.2) is 5.52 Å². The minimum absolute atomic E-state index is 0.0999. The van der Waals surface area contributed by atoms with Crippen LogP contribution in [0.2, 0.25) is 5.02 Å². The monoisotopic (exact) mass is 523 g/mol. The quantitative estimate of drug-likeness (QED) is 0.421. The summed E-state index contributed by atoms with van der Waals surface area (Å²) in [6.07, 6.45) is 4.54. The highest BCUT2D eigenvalue weighted by molar-refractivity contribution is 6.32. The minimum Gasteiger partial charge on any atom is -0.492 e. The molecular formula is C27H30ClN5O4. The van der Waals surface area contributed by atoms with E-state index in [0.717, 1.165) is 12.2 Å². The lowest BCUT2D eigenvalue weighted by Gasteiger charge is -2.35. The molecule has 10 heteroatoms. The molecule has 3 fully saturated rings. The summed E-state index contributed by atoms with van der Waals surface area (Å²) in [4.78, 5) is 30.3. The normalized spacial score (nSPS) is 21.0. The van der Waals surface area contributed by atoms with Crippen molar-refractivity contribution in [3.05, 3.63) is 41.7 Å². The number of carbonyl (C=O) groups is 1. The summed E-state index contributed by atoms with van der Waals surface area (Å²) in [7, 11) is 0. The first-order valence-electron chi connectivity index (χ1n) is 12.7. The van der Waals surface area contributed by atoms with E-state index in [4.69, 9.17) is 30.8 Å². The third-order valence-corrected chi connectivity index (χ3v) is 7.18. The van der Waals surface area contributed by atoms with Crippen molar-refractivity contribution in [1.29, 1.82) is 0 Å². The molecule has 2 aliphatic heterocycles. The highest BCUT2D eigenvalue weighted by Gasteiger charge is 2.47. The van der Waals surface area contributed by atoms with Crippen LogP contribution in [0.5, 0.6) is 17.4 Å². The van der Waals surface area contributed by atoms with Crippen LogP contribution in [0.15, 0.2) is 36.7 Å². The maximum Gasteiger partial charge on any atom is 0.410 e.